The van der Waals surface area contributed by atoms with E-state index >= 15 is 0 Å². The third-order valence-corrected chi connectivity index (χ3v) is 9.90. The minimum atomic E-state index is -0.757. The summed E-state index contributed by atoms with van der Waals surface area (Å²) in [5, 5.41) is 0. The van der Waals surface area contributed by atoms with Gasteiger partial charge >= 0.3 is 11.9 Å². The van der Waals surface area contributed by atoms with Crippen LogP contribution < -0.4 is 0 Å². The lowest BCUT2D eigenvalue weighted by Crippen LogP contribution is -2.65. The number of ketones is 2. The highest BCUT2D eigenvalue weighted by molar-refractivity contribution is 5.89. The van der Waals surface area contributed by atoms with Gasteiger partial charge in [0.05, 0.1) is 5.56 Å². The molecule has 4 aliphatic rings. The average molecular weight is 494 g/mol. The van der Waals surface area contributed by atoms with Crippen molar-refractivity contribution in [1.29, 1.82) is 0 Å². The van der Waals surface area contributed by atoms with E-state index in [9.17, 15) is 19.2 Å². The summed E-state index contributed by atoms with van der Waals surface area (Å²) in [6.45, 7) is 7.21. The summed E-state index contributed by atoms with van der Waals surface area (Å²) in [6, 6.07) is 3.33. The molecular weight excluding hydrogens is 458 g/mol. The van der Waals surface area contributed by atoms with Crippen LogP contribution in [0.15, 0.2) is 36.2 Å². The highest BCUT2D eigenvalue weighted by atomic mass is 16.6. The average Bonchev–Trinajstić information content (AvgIpc) is 3.20. The largest absolute Gasteiger partial charge is 0.458 e. The van der Waals surface area contributed by atoms with Gasteiger partial charge in [0.2, 0.25) is 0 Å². The molecule has 1 aromatic heterocycles. The van der Waals surface area contributed by atoms with Crippen LogP contribution in [0.4, 0.5) is 0 Å². The van der Waals surface area contributed by atoms with Gasteiger partial charge in [-0.05, 0) is 62.0 Å². The van der Waals surface area contributed by atoms with Crippen LogP contribution in [-0.4, -0.2) is 40.7 Å². The molecule has 0 spiro atoms. The predicted octanol–water partition coefficient (Wildman–Crippen LogP) is 4.50. The number of fused-ring (bicyclic) bond motifs is 5. The second-order valence-electron chi connectivity index (χ2n) is 11.6. The van der Waals surface area contributed by atoms with E-state index in [-0.39, 0.29) is 40.7 Å². The van der Waals surface area contributed by atoms with E-state index in [0.717, 1.165) is 24.8 Å². The van der Waals surface area contributed by atoms with E-state index in [1.807, 2.05) is 0 Å². The zero-order valence-electron chi connectivity index (χ0n) is 21.5. The first-order valence-corrected chi connectivity index (χ1v) is 13.1. The van der Waals surface area contributed by atoms with E-state index < -0.39 is 29.6 Å². The molecule has 3 fully saturated rings. The van der Waals surface area contributed by atoms with Gasteiger partial charge in [0.1, 0.15) is 23.8 Å². The van der Waals surface area contributed by atoms with Crippen molar-refractivity contribution < 1.29 is 28.7 Å². The van der Waals surface area contributed by atoms with Gasteiger partial charge in [0.25, 0.3) is 0 Å². The number of hydrogen-bond acceptors (Lipinski definition) is 7. The highest BCUT2D eigenvalue weighted by Crippen LogP contribution is 2.67. The van der Waals surface area contributed by atoms with Gasteiger partial charge in [0, 0.05) is 49.4 Å². The molecule has 0 aromatic carbocycles. The smallest absolute Gasteiger partial charge is 0.340 e. The normalized spacial score (nSPS) is 39.2. The lowest BCUT2D eigenvalue weighted by Gasteiger charge is -2.61. The number of carbonyl (C=O) groups is 4. The first-order valence-electron chi connectivity index (χ1n) is 13.1. The molecule has 1 aromatic rings. The fourth-order valence-electron chi connectivity index (χ4n) is 8.34. The number of ether oxygens (including phenoxy) is 2. The Morgan fingerprint density at radius 2 is 1.89 bits per heavy atom. The van der Waals surface area contributed by atoms with Gasteiger partial charge in [-0.3, -0.25) is 19.4 Å². The molecule has 36 heavy (non-hydrogen) atoms. The molecule has 0 amide bonds. The summed E-state index contributed by atoms with van der Waals surface area (Å²) < 4.78 is 12.4. The number of hydrogen-bond donors (Lipinski definition) is 0. The second-order valence-corrected chi connectivity index (χ2v) is 11.6. The summed E-state index contributed by atoms with van der Waals surface area (Å²) in [5.74, 6) is -0.773. The molecule has 192 valence electrons. The predicted molar refractivity (Wildman–Crippen MR) is 131 cm³/mol. The summed E-state index contributed by atoms with van der Waals surface area (Å²) in [7, 11) is 0. The van der Waals surface area contributed by atoms with Crippen molar-refractivity contribution in [3.63, 3.8) is 0 Å². The van der Waals surface area contributed by atoms with Crippen molar-refractivity contribution in [2.75, 3.05) is 0 Å². The summed E-state index contributed by atoms with van der Waals surface area (Å²) in [4.78, 5) is 55.2. The summed E-state index contributed by atoms with van der Waals surface area (Å²) >= 11 is 0. The maximum Gasteiger partial charge on any atom is 0.340 e. The Bertz CT molecular complexity index is 1130. The Morgan fingerprint density at radius 1 is 1.11 bits per heavy atom. The van der Waals surface area contributed by atoms with Crippen molar-refractivity contribution in [3.8, 4) is 0 Å². The summed E-state index contributed by atoms with van der Waals surface area (Å²) in [5.41, 5.74) is 0.428. The highest BCUT2D eigenvalue weighted by Gasteiger charge is 2.69. The molecular formula is C29H35NO6. The van der Waals surface area contributed by atoms with Gasteiger partial charge in [-0.25, -0.2) is 4.79 Å². The zero-order chi connectivity index (χ0) is 25.8. The molecule has 0 unspecified atom stereocenters. The number of Topliss-reactive ketones (excluding diaryl/α,β-unsaturated/α-hetero) is 2. The number of allylic oxidation sites excluding steroid dienone is 2. The van der Waals surface area contributed by atoms with Crippen molar-refractivity contribution >= 4 is 23.5 Å². The lowest BCUT2D eigenvalue weighted by molar-refractivity contribution is -0.216. The molecule has 0 N–H and O–H groups in total. The Labute approximate surface area is 212 Å². The minimum Gasteiger partial charge on any atom is -0.458 e. The van der Waals surface area contributed by atoms with Crippen LogP contribution in [0.3, 0.4) is 0 Å². The van der Waals surface area contributed by atoms with Crippen LogP contribution in [-0.2, 0) is 23.9 Å². The van der Waals surface area contributed by atoms with Crippen LogP contribution in [0.5, 0.6) is 0 Å². The van der Waals surface area contributed by atoms with Crippen LogP contribution in [0.25, 0.3) is 0 Å². The fourth-order valence-corrected chi connectivity index (χ4v) is 8.34. The summed E-state index contributed by atoms with van der Waals surface area (Å²) in [6.07, 6.45) is 7.72. The minimum absolute atomic E-state index is 0.0782. The molecule has 8 atom stereocenters. The number of aromatic nitrogens is 1. The zero-order valence-corrected chi connectivity index (χ0v) is 21.5. The first-order chi connectivity index (χ1) is 17.1. The topological polar surface area (TPSA) is 99.6 Å². The molecule has 0 saturated heterocycles. The maximum atomic E-state index is 13.4. The molecule has 1 heterocycles. The quantitative estimate of drug-likeness (QED) is 0.450. The molecule has 3 saturated carbocycles. The van der Waals surface area contributed by atoms with Crippen molar-refractivity contribution in [2.24, 2.45) is 34.5 Å². The SMILES string of the molecule is CC(=O)O[C@@H]1[C@H](OC(=O)c2cccnc2)[C@H]2[C@@H](CC=C3CC(=O)CC[C@@]32C)[C@@H]2CC[C@H](C(C)=O)[C@@]12C. The Kier molecular flexibility index (Phi) is 6.16. The number of nitrogens with zero attached hydrogens (tertiary/aromatic N) is 1. The molecule has 0 radical (unpaired) electrons. The fraction of sp³-hybridized carbons (Fsp3) is 0.621. The molecule has 0 aliphatic heterocycles. The van der Waals surface area contributed by atoms with Crippen LogP contribution >= 0.6 is 0 Å². The Hall–Kier alpha value is -2.83. The van der Waals surface area contributed by atoms with Crippen LogP contribution in [0.1, 0.15) is 76.6 Å². The van der Waals surface area contributed by atoms with E-state index in [1.165, 1.54) is 13.1 Å². The standard InChI is InChI=1S/C29H35NO6/c1-16(31)22-9-10-23-21-8-7-19-14-20(33)11-12-28(19,3)24(21)25(26(29(22,23)4)35-17(2)32)36-27(34)18-6-5-13-30-15-18/h5-7,13,15,21-26H,8-12,14H2,1-4H3/t21-,22+,23-,24+,25+,26+,28-,29+/m0/s1. The van der Waals surface area contributed by atoms with Crippen molar-refractivity contribution in [2.45, 2.75) is 78.4 Å². The van der Waals surface area contributed by atoms with Gasteiger partial charge < -0.3 is 9.47 Å². The Morgan fingerprint density at radius 3 is 2.56 bits per heavy atom. The second kappa shape index (κ2) is 8.93. The van der Waals surface area contributed by atoms with Crippen molar-refractivity contribution in [3.05, 3.63) is 41.7 Å². The number of pyridine rings is 1. The molecule has 5 rings (SSSR count). The lowest BCUT2D eigenvalue weighted by atomic mass is 9.45. The molecule has 0 bridgehead atoms. The van der Waals surface area contributed by atoms with E-state index in [0.29, 0.717) is 24.8 Å². The monoisotopic (exact) mass is 493 g/mol. The van der Waals surface area contributed by atoms with Gasteiger partial charge in [-0.15, -0.1) is 0 Å². The molecule has 4 aliphatic carbocycles. The first kappa shape index (κ1) is 24.8. The van der Waals surface area contributed by atoms with E-state index in [1.54, 1.807) is 25.3 Å². The number of carbonyl (C=O) groups excluding carboxylic acids is 4. The van der Waals surface area contributed by atoms with Crippen LogP contribution in [0, 0.1) is 34.5 Å². The molecule has 7 nitrogen and oxygen atoms in total. The van der Waals surface area contributed by atoms with Gasteiger partial charge in [0.15, 0.2) is 0 Å². The number of esters is 2. The van der Waals surface area contributed by atoms with Crippen molar-refractivity contribution in [1.82, 2.24) is 4.98 Å². The maximum absolute atomic E-state index is 13.4. The van der Waals surface area contributed by atoms with Gasteiger partial charge in [-0.2, -0.15) is 0 Å². The molecule has 7 heteroatoms. The van der Waals surface area contributed by atoms with Crippen LogP contribution in [0.2, 0.25) is 0 Å². The Balaban J connectivity index is 1.66. The third kappa shape index (κ3) is 3.73. The third-order valence-electron chi connectivity index (χ3n) is 9.90. The van der Waals surface area contributed by atoms with E-state index in [2.05, 4.69) is 24.9 Å². The van der Waals surface area contributed by atoms with Gasteiger partial charge in [-0.1, -0.05) is 25.5 Å². The number of rotatable bonds is 4. The van der Waals surface area contributed by atoms with E-state index in [4.69, 9.17) is 9.47 Å².